The molecule has 0 aromatic rings. The number of allylic oxidation sites excluding steroid dienone is 2. The van der Waals surface area contributed by atoms with E-state index in [0.717, 1.165) is 31.6 Å². The van der Waals surface area contributed by atoms with Crippen molar-refractivity contribution in [1.29, 1.82) is 0 Å². The minimum absolute atomic E-state index is 0.714. The van der Waals surface area contributed by atoms with E-state index in [0.29, 0.717) is 5.92 Å². The summed E-state index contributed by atoms with van der Waals surface area (Å²) in [4.78, 5) is 4.64. The highest BCUT2D eigenvalue weighted by Gasteiger charge is 2.39. The fourth-order valence-electron chi connectivity index (χ4n) is 2.83. The molecule has 2 heterocycles. The first kappa shape index (κ1) is 7.74. The molecule has 0 radical (unpaired) electrons. The highest BCUT2D eigenvalue weighted by molar-refractivity contribution is 5.98. The number of hydrogen-bond donors (Lipinski definition) is 0. The molecule has 3 atom stereocenters. The van der Waals surface area contributed by atoms with E-state index in [1.807, 2.05) is 0 Å². The zero-order chi connectivity index (χ0) is 8.67. The molecule has 0 spiro atoms. The molecule has 0 saturated carbocycles. The van der Waals surface area contributed by atoms with E-state index >= 15 is 0 Å². The van der Waals surface area contributed by atoms with Crippen molar-refractivity contribution in [2.24, 2.45) is 22.7 Å². The van der Waals surface area contributed by atoms with E-state index in [4.69, 9.17) is 4.74 Å². The van der Waals surface area contributed by atoms with Gasteiger partial charge in [0, 0.05) is 24.1 Å². The van der Waals surface area contributed by atoms with Gasteiger partial charge in [0.05, 0.1) is 13.2 Å². The van der Waals surface area contributed by atoms with Gasteiger partial charge in [0.1, 0.15) is 0 Å². The Morgan fingerprint density at radius 1 is 1.38 bits per heavy atom. The molecule has 2 nitrogen and oxygen atoms in total. The molecule has 1 aliphatic carbocycles. The van der Waals surface area contributed by atoms with Gasteiger partial charge in [0.15, 0.2) is 0 Å². The van der Waals surface area contributed by atoms with Crippen LogP contribution in [0.5, 0.6) is 0 Å². The third kappa shape index (κ3) is 1.16. The lowest BCUT2D eigenvalue weighted by Crippen LogP contribution is -2.35. The average Bonchev–Trinajstić information content (AvgIpc) is 2.65. The van der Waals surface area contributed by atoms with Crippen LogP contribution in [0, 0.1) is 17.8 Å². The number of nitrogens with zero attached hydrogens (tertiary/aromatic N) is 1. The lowest BCUT2D eigenvalue weighted by atomic mass is 9.74. The molecule has 70 valence electrons. The second kappa shape index (κ2) is 2.95. The third-order valence-electron chi connectivity index (χ3n) is 3.59. The van der Waals surface area contributed by atoms with Crippen LogP contribution in [0.4, 0.5) is 0 Å². The molecule has 3 rings (SSSR count). The first-order chi connectivity index (χ1) is 6.45. The van der Waals surface area contributed by atoms with E-state index in [9.17, 15) is 0 Å². The van der Waals surface area contributed by atoms with Gasteiger partial charge < -0.3 is 4.74 Å². The molecule has 13 heavy (non-hydrogen) atoms. The van der Waals surface area contributed by atoms with Crippen LogP contribution in [0.15, 0.2) is 17.1 Å². The van der Waals surface area contributed by atoms with Crippen molar-refractivity contribution >= 4 is 5.71 Å². The molecule has 2 heteroatoms. The van der Waals surface area contributed by atoms with Crippen molar-refractivity contribution in [1.82, 2.24) is 0 Å². The number of hydrogen-bond acceptors (Lipinski definition) is 2. The largest absolute Gasteiger partial charge is 0.381 e. The molecule has 0 aromatic heterocycles. The lowest BCUT2D eigenvalue weighted by Gasteiger charge is -2.32. The van der Waals surface area contributed by atoms with E-state index in [2.05, 4.69) is 17.1 Å². The van der Waals surface area contributed by atoms with Crippen molar-refractivity contribution in [2.75, 3.05) is 19.8 Å². The van der Waals surface area contributed by atoms with Crippen molar-refractivity contribution in [3.8, 4) is 0 Å². The van der Waals surface area contributed by atoms with Crippen molar-refractivity contribution < 1.29 is 4.74 Å². The number of fused-ring (bicyclic) bond motifs is 3. The topological polar surface area (TPSA) is 21.6 Å². The normalized spacial score (nSPS) is 42.5. The zero-order valence-corrected chi connectivity index (χ0v) is 7.78. The van der Waals surface area contributed by atoms with Crippen LogP contribution in [0.25, 0.3) is 0 Å². The summed E-state index contributed by atoms with van der Waals surface area (Å²) in [5.41, 5.74) is 1.35. The predicted octanol–water partition coefficient (Wildman–Crippen LogP) is 1.67. The zero-order valence-electron chi connectivity index (χ0n) is 7.78. The van der Waals surface area contributed by atoms with Crippen LogP contribution < -0.4 is 0 Å². The SMILES string of the molecule is C1=CC2=NCC3COCC3C2CC1. The van der Waals surface area contributed by atoms with Crippen molar-refractivity contribution in [3.63, 3.8) is 0 Å². The standard InChI is InChI=1S/C11H15NO/c1-2-4-11-9(3-1)10-7-13-6-8(10)5-12-11/h2,4,8-10H,1,3,5-7H2. The minimum Gasteiger partial charge on any atom is -0.381 e. The third-order valence-corrected chi connectivity index (χ3v) is 3.59. The summed E-state index contributed by atoms with van der Waals surface area (Å²) in [6.07, 6.45) is 7.00. The summed E-state index contributed by atoms with van der Waals surface area (Å²) in [6.45, 7) is 2.92. The maximum Gasteiger partial charge on any atom is 0.0515 e. The molecule has 3 unspecified atom stereocenters. The van der Waals surface area contributed by atoms with Crippen LogP contribution in [0.3, 0.4) is 0 Å². The molecule has 1 fully saturated rings. The van der Waals surface area contributed by atoms with E-state index < -0.39 is 0 Å². The molecule has 0 amide bonds. The minimum atomic E-state index is 0.714. The summed E-state index contributed by atoms with van der Waals surface area (Å²) < 4.78 is 5.54. The van der Waals surface area contributed by atoms with Gasteiger partial charge in [0.2, 0.25) is 0 Å². The quantitative estimate of drug-likeness (QED) is 0.551. The van der Waals surface area contributed by atoms with Gasteiger partial charge in [-0.05, 0) is 24.8 Å². The second-order valence-electron chi connectivity index (χ2n) is 4.31. The van der Waals surface area contributed by atoms with Crippen LogP contribution in [0.1, 0.15) is 12.8 Å². The summed E-state index contributed by atoms with van der Waals surface area (Å²) in [6, 6.07) is 0. The molecule has 3 aliphatic rings. The average molecular weight is 177 g/mol. The van der Waals surface area contributed by atoms with E-state index in [1.54, 1.807) is 0 Å². The van der Waals surface area contributed by atoms with Gasteiger partial charge in [0.25, 0.3) is 0 Å². The first-order valence-corrected chi connectivity index (χ1v) is 5.24. The van der Waals surface area contributed by atoms with Crippen LogP contribution in [-0.4, -0.2) is 25.5 Å². The van der Waals surface area contributed by atoms with Gasteiger partial charge in [-0.3, -0.25) is 4.99 Å². The number of aliphatic imine (C=N–C) groups is 1. The Bertz CT molecular complexity index is 269. The highest BCUT2D eigenvalue weighted by atomic mass is 16.5. The second-order valence-corrected chi connectivity index (χ2v) is 4.31. The lowest BCUT2D eigenvalue weighted by molar-refractivity contribution is 0.177. The van der Waals surface area contributed by atoms with Crippen LogP contribution in [-0.2, 0) is 4.74 Å². The molecule has 0 N–H and O–H groups in total. The fourth-order valence-corrected chi connectivity index (χ4v) is 2.83. The van der Waals surface area contributed by atoms with Crippen molar-refractivity contribution in [3.05, 3.63) is 12.2 Å². The van der Waals surface area contributed by atoms with Gasteiger partial charge >= 0.3 is 0 Å². The summed E-state index contributed by atoms with van der Waals surface area (Å²) in [7, 11) is 0. The van der Waals surface area contributed by atoms with Gasteiger partial charge in [-0.15, -0.1) is 0 Å². The fraction of sp³-hybridized carbons (Fsp3) is 0.727. The molecule has 0 aromatic carbocycles. The van der Waals surface area contributed by atoms with Gasteiger partial charge in [-0.2, -0.15) is 0 Å². The summed E-state index contributed by atoms with van der Waals surface area (Å²) >= 11 is 0. The van der Waals surface area contributed by atoms with Crippen molar-refractivity contribution in [2.45, 2.75) is 12.8 Å². The Morgan fingerprint density at radius 2 is 2.38 bits per heavy atom. The Morgan fingerprint density at radius 3 is 3.38 bits per heavy atom. The molecule has 0 bridgehead atoms. The Hall–Kier alpha value is -0.630. The monoisotopic (exact) mass is 177 g/mol. The summed E-state index contributed by atoms with van der Waals surface area (Å²) in [5, 5.41) is 0. The summed E-state index contributed by atoms with van der Waals surface area (Å²) in [5.74, 6) is 2.21. The van der Waals surface area contributed by atoms with E-state index in [1.165, 1.54) is 18.6 Å². The van der Waals surface area contributed by atoms with Crippen LogP contribution in [0.2, 0.25) is 0 Å². The Labute approximate surface area is 78.7 Å². The van der Waals surface area contributed by atoms with Crippen LogP contribution >= 0.6 is 0 Å². The van der Waals surface area contributed by atoms with E-state index in [-0.39, 0.29) is 0 Å². The maximum atomic E-state index is 5.54. The number of rotatable bonds is 0. The van der Waals surface area contributed by atoms with Gasteiger partial charge in [-0.1, -0.05) is 6.08 Å². The molecular formula is C11H15NO. The first-order valence-electron chi connectivity index (χ1n) is 5.24. The smallest absolute Gasteiger partial charge is 0.0515 e. The highest BCUT2D eigenvalue weighted by Crippen LogP contribution is 2.37. The molecule has 1 saturated heterocycles. The number of ether oxygens (including phenoxy) is 1. The maximum absolute atomic E-state index is 5.54. The molecule has 2 aliphatic heterocycles. The predicted molar refractivity (Wildman–Crippen MR) is 52.0 cm³/mol. The Balaban J connectivity index is 1.92. The van der Waals surface area contributed by atoms with Gasteiger partial charge in [-0.25, -0.2) is 0 Å². The Kier molecular flexibility index (Phi) is 1.76. The molecular weight excluding hydrogens is 162 g/mol.